The van der Waals surface area contributed by atoms with Gasteiger partial charge in [-0.1, -0.05) is 6.07 Å². The zero-order valence-electron chi connectivity index (χ0n) is 11.9. The van der Waals surface area contributed by atoms with E-state index in [4.69, 9.17) is 5.26 Å². The van der Waals surface area contributed by atoms with E-state index in [0.29, 0.717) is 11.5 Å². The largest absolute Gasteiger partial charge is 0.354 e. The Labute approximate surface area is 118 Å². The van der Waals surface area contributed by atoms with Crippen molar-refractivity contribution in [2.75, 3.05) is 23.8 Å². The van der Waals surface area contributed by atoms with Crippen molar-refractivity contribution in [2.45, 2.75) is 13.8 Å². The van der Waals surface area contributed by atoms with Crippen LogP contribution < -0.4 is 10.2 Å². The normalized spacial score (nSPS) is 9.90. The SMILES string of the molecule is CCNc1nc(C)cc(N(C)c2cccc(C#N)c2)n1. The number of aryl methyl sites for hydroxylation is 1. The Bertz CT molecular complexity index is 645. The van der Waals surface area contributed by atoms with E-state index in [9.17, 15) is 0 Å². The first-order valence-electron chi connectivity index (χ1n) is 6.47. The van der Waals surface area contributed by atoms with Gasteiger partial charge in [0, 0.05) is 31.0 Å². The van der Waals surface area contributed by atoms with Gasteiger partial charge in [0.05, 0.1) is 11.6 Å². The monoisotopic (exact) mass is 267 g/mol. The highest BCUT2D eigenvalue weighted by atomic mass is 15.2. The van der Waals surface area contributed by atoms with Gasteiger partial charge in [0.15, 0.2) is 0 Å². The molecule has 0 radical (unpaired) electrons. The van der Waals surface area contributed by atoms with Gasteiger partial charge in [-0.2, -0.15) is 10.2 Å². The van der Waals surface area contributed by atoms with Crippen molar-refractivity contribution in [3.63, 3.8) is 0 Å². The average molecular weight is 267 g/mol. The summed E-state index contributed by atoms with van der Waals surface area (Å²) in [5.74, 6) is 1.41. The third-order valence-corrected chi connectivity index (χ3v) is 2.88. The summed E-state index contributed by atoms with van der Waals surface area (Å²) in [6.45, 7) is 4.72. The molecule has 0 aliphatic rings. The van der Waals surface area contributed by atoms with Crippen LogP contribution in [-0.2, 0) is 0 Å². The molecule has 1 N–H and O–H groups in total. The molecule has 0 atom stereocenters. The van der Waals surface area contributed by atoms with E-state index in [0.717, 1.165) is 23.7 Å². The van der Waals surface area contributed by atoms with Crippen molar-refractivity contribution < 1.29 is 0 Å². The van der Waals surface area contributed by atoms with Gasteiger partial charge in [-0.3, -0.25) is 0 Å². The molecule has 0 amide bonds. The molecule has 20 heavy (non-hydrogen) atoms. The van der Waals surface area contributed by atoms with Gasteiger partial charge in [0.25, 0.3) is 0 Å². The van der Waals surface area contributed by atoms with Gasteiger partial charge < -0.3 is 10.2 Å². The lowest BCUT2D eigenvalue weighted by Gasteiger charge is -2.19. The summed E-state index contributed by atoms with van der Waals surface area (Å²) in [4.78, 5) is 10.7. The molecular formula is C15H17N5. The minimum atomic E-state index is 0.616. The van der Waals surface area contributed by atoms with Crippen LogP contribution in [0.4, 0.5) is 17.5 Å². The van der Waals surface area contributed by atoms with E-state index < -0.39 is 0 Å². The highest BCUT2D eigenvalue weighted by Crippen LogP contribution is 2.23. The fourth-order valence-corrected chi connectivity index (χ4v) is 1.88. The Hall–Kier alpha value is -2.61. The van der Waals surface area contributed by atoms with E-state index in [1.807, 2.05) is 50.1 Å². The zero-order valence-corrected chi connectivity index (χ0v) is 11.9. The molecule has 2 rings (SSSR count). The molecule has 0 fully saturated rings. The Morgan fingerprint density at radius 3 is 2.80 bits per heavy atom. The summed E-state index contributed by atoms with van der Waals surface area (Å²) in [6, 6.07) is 11.5. The summed E-state index contributed by atoms with van der Waals surface area (Å²) in [7, 11) is 1.92. The number of aromatic nitrogens is 2. The number of nitriles is 1. The van der Waals surface area contributed by atoms with Crippen molar-refractivity contribution >= 4 is 17.5 Å². The van der Waals surface area contributed by atoms with Crippen molar-refractivity contribution in [3.8, 4) is 6.07 Å². The van der Waals surface area contributed by atoms with Crippen LogP contribution in [0.5, 0.6) is 0 Å². The van der Waals surface area contributed by atoms with Crippen molar-refractivity contribution in [1.29, 1.82) is 5.26 Å². The first-order valence-corrected chi connectivity index (χ1v) is 6.47. The Balaban J connectivity index is 2.37. The molecule has 0 saturated heterocycles. The predicted molar refractivity (Wildman–Crippen MR) is 80.2 cm³/mol. The van der Waals surface area contributed by atoms with Crippen molar-refractivity contribution in [2.24, 2.45) is 0 Å². The van der Waals surface area contributed by atoms with E-state index in [1.54, 1.807) is 6.07 Å². The van der Waals surface area contributed by atoms with Crippen LogP contribution >= 0.6 is 0 Å². The van der Waals surface area contributed by atoms with Gasteiger partial charge in [-0.05, 0) is 32.0 Å². The lowest BCUT2D eigenvalue weighted by Crippen LogP contribution is -2.14. The highest BCUT2D eigenvalue weighted by molar-refractivity contribution is 5.62. The first kappa shape index (κ1) is 13.8. The Kier molecular flexibility index (Phi) is 4.16. The van der Waals surface area contributed by atoms with E-state index in [-0.39, 0.29) is 0 Å². The summed E-state index contributed by atoms with van der Waals surface area (Å²) < 4.78 is 0. The van der Waals surface area contributed by atoms with E-state index in [1.165, 1.54) is 0 Å². The first-order chi connectivity index (χ1) is 9.63. The van der Waals surface area contributed by atoms with Crippen LogP contribution in [0.15, 0.2) is 30.3 Å². The van der Waals surface area contributed by atoms with Gasteiger partial charge in [0.2, 0.25) is 5.95 Å². The number of nitrogens with zero attached hydrogens (tertiary/aromatic N) is 4. The number of rotatable bonds is 4. The van der Waals surface area contributed by atoms with Gasteiger partial charge in [0.1, 0.15) is 5.82 Å². The summed E-state index contributed by atoms with van der Waals surface area (Å²) in [5, 5.41) is 12.1. The maximum absolute atomic E-state index is 8.97. The molecule has 102 valence electrons. The molecule has 1 heterocycles. The quantitative estimate of drug-likeness (QED) is 0.922. The molecule has 5 heteroatoms. The van der Waals surface area contributed by atoms with Crippen LogP contribution in [0.25, 0.3) is 0 Å². The third-order valence-electron chi connectivity index (χ3n) is 2.88. The van der Waals surface area contributed by atoms with Gasteiger partial charge >= 0.3 is 0 Å². The Morgan fingerprint density at radius 2 is 2.10 bits per heavy atom. The highest BCUT2D eigenvalue weighted by Gasteiger charge is 2.09. The van der Waals surface area contributed by atoms with Gasteiger partial charge in [-0.25, -0.2) is 4.98 Å². The second kappa shape index (κ2) is 6.02. The smallest absolute Gasteiger partial charge is 0.224 e. The fraction of sp³-hybridized carbons (Fsp3) is 0.267. The molecule has 0 spiro atoms. The predicted octanol–water partition coefficient (Wildman–Crippen LogP) is 2.86. The minimum Gasteiger partial charge on any atom is -0.354 e. The minimum absolute atomic E-state index is 0.616. The lowest BCUT2D eigenvalue weighted by molar-refractivity contribution is 1.02. The maximum atomic E-state index is 8.97. The molecule has 0 saturated carbocycles. The second-order valence-electron chi connectivity index (χ2n) is 4.44. The van der Waals surface area contributed by atoms with Crippen LogP contribution in [0.1, 0.15) is 18.2 Å². The molecule has 1 aromatic heterocycles. The van der Waals surface area contributed by atoms with Crippen LogP contribution in [0, 0.1) is 18.3 Å². The average Bonchev–Trinajstić information content (AvgIpc) is 2.46. The maximum Gasteiger partial charge on any atom is 0.224 e. The second-order valence-corrected chi connectivity index (χ2v) is 4.44. The van der Waals surface area contributed by atoms with Crippen LogP contribution in [0.3, 0.4) is 0 Å². The van der Waals surface area contributed by atoms with Crippen LogP contribution in [-0.4, -0.2) is 23.6 Å². The molecule has 0 aliphatic carbocycles. The summed E-state index contributed by atoms with van der Waals surface area (Å²) in [6.07, 6.45) is 0. The number of anilines is 3. The lowest BCUT2D eigenvalue weighted by atomic mass is 10.2. The van der Waals surface area contributed by atoms with Crippen LogP contribution in [0.2, 0.25) is 0 Å². The molecule has 5 nitrogen and oxygen atoms in total. The number of nitrogens with one attached hydrogen (secondary N) is 1. The third kappa shape index (κ3) is 3.04. The molecule has 0 unspecified atom stereocenters. The number of hydrogen-bond acceptors (Lipinski definition) is 5. The van der Waals surface area contributed by atoms with E-state index in [2.05, 4.69) is 21.4 Å². The Morgan fingerprint density at radius 1 is 1.30 bits per heavy atom. The molecule has 2 aromatic rings. The number of hydrogen-bond donors (Lipinski definition) is 1. The number of benzene rings is 1. The van der Waals surface area contributed by atoms with E-state index >= 15 is 0 Å². The van der Waals surface area contributed by atoms with Gasteiger partial charge in [-0.15, -0.1) is 0 Å². The fourth-order valence-electron chi connectivity index (χ4n) is 1.88. The molecule has 0 aliphatic heterocycles. The van der Waals surface area contributed by atoms with Crippen molar-refractivity contribution in [1.82, 2.24) is 9.97 Å². The summed E-state index contributed by atoms with van der Waals surface area (Å²) in [5.41, 5.74) is 2.45. The summed E-state index contributed by atoms with van der Waals surface area (Å²) >= 11 is 0. The standard InChI is InChI=1S/C15H17N5/c1-4-17-15-18-11(2)8-14(19-15)20(3)13-7-5-6-12(9-13)10-16/h5-9H,4H2,1-3H3,(H,17,18,19). The zero-order chi connectivity index (χ0) is 14.5. The molecular weight excluding hydrogens is 250 g/mol. The molecule has 0 bridgehead atoms. The molecule has 1 aromatic carbocycles. The van der Waals surface area contributed by atoms with Crippen molar-refractivity contribution in [3.05, 3.63) is 41.6 Å². The topological polar surface area (TPSA) is 64.8 Å².